The van der Waals surface area contributed by atoms with Crippen LogP contribution in [-0.2, 0) is 30.7 Å². The molecule has 0 atom stereocenters. The van der Waals surface area contributed by atoms with E-state index in [4.69, 9.17) is 5.73 Å². The molecule has 38 heavy (non-hydrogen) atoms. The molecule has 2 heterocycles. The maximum Gasteiger partial charge on any atom is 0.273 e. The molecule has 5 aromatic rings. The predicted octanol–water partition coefficient (Wildman–Crippen LogP) is 4.17. The molecule has 1 amide bonds. The number of nitrogen functional groups attached to an aromatic ring is 1. The van der Waals surface area contributed by atoms with Gasteiger partial charge in [0.15, 0.2) is 5.95 Å². The first-order valence-electron chi connectivity index (χ1n) is 12.7. The van der Waals surface area contributed by atoms with Crippen LogP contribution in [0.5, 0.6) is 0 Å². The summed E-state index contributed by atoms with van der Waals surface area (Å²) in [6, 6.07) is 23.7. The Morgan fingerprint density at radius 3 is 2.66 bits per heavy atom. The van der Waals surface area contributed by atoms with Crippen molar-refractivity contribution >= 4 is 22.9 Å². The second-order valence-corrected chi connectivity index (χ2v) is 9.44. The minimum Gasteiger partial charge on any atom is -0.369 e. The van der Waals surface area contributed by atoms with Crippen molar-refractivity contribution < 1.29 is 4.79 Å². The lowest BCUT2D eigenvalue weighted by Crippen LogP contribution is -2.34. The number of fused-ring (bicyclic) bond motifs is 1. The van der Waals surface area contributed by atoms with Crippen LogP contribution in [0.15, 0.2) is 83.8 Å². The molecular formula is C30H30N6O2. The molecule has 0 fully saturated rings. The van der Waals surface area contributed by atoms with E-state index in [-0.39, 0.29) is 18.0 Å². The zero-order chi connectivity index (χ0) is 26.5. The number of imidazole rings is 1. The molecular weight excluding hydrogens is 476 g/mol. The summed E-state index contributed by atoms with van der Waals surface area (Å²) in [5.74, 6) is 0.0909. The lowest BCUT2D eigenvalue weighted by atomic mass is 10.1. The smallest absolute Gasteiger partial charge is 0.273 e. The zero-order valence-corrected chi connectivity index (χ0v) is 21.3. The fourth-order valence-electron chi connectivity index (χ4n) is 4.58. The van der Waals surface area contributed by atoms with Crippen LogP contribution in [0, 0.1) is 6.92 Å². The van der Waals surface area contributed by atoms with Crippen LogP contribution >= 0.6 is 0 Å². The number of carbonyl (C=O) groups excluding carboxylic acids is 1. The fourth-order valence-corrected chi connectivity index (χ4v) is 4.58. The van der Waals surface area contributed by atoms with Crippen LogP contribution in [0.3, 0.4) is 0 Å². The molecule has 0 aliphatic heterocycles. The van der Waals surface area contributed by atoms with E-state index in [0.29, 0.717) is 30.3 Å². The van der Waals surface area contributed by atoms with Gasteiger partial charge >= 0.3 is 0 Å². The molecule has 8 heteroatoms. The summed E-state index contributed by atoms with van der Waals surface area (Å²) in [5, 5.41) is 2.94. The number of aromatic amines is 1. The van der Waals surface area contributed by atoms with Gasteiger partial charge in [-0.2, -0.15) is 0 Å². The molecule has 192 valence electrons. The number of amides is 1. The maximum atomic E-state index is 13.5. The number of nitrogens with two attached hydrogens (primary N) is 1. The lowest BCUT2D eigenvalue weighted by molar-refractivity contribution is -0.121. The maximum absolute atomic E-state index is 13.5. The van der Waals surface area contributed by atoms with Crippen LogP contribution in [0.25, 0.3) is 22.3 Å². The number of nitrogens with zero attached hydrogens (tertiary/aromatic N) is 3. The van der Waals surface area contributed by atoms with Gasteiger partial charge in [0.25, 0.3) is 5.56 Å². The minimum absolute atomic E-state index is 0.102. The number of aryl methyl sites for hydroxylation is 3. The molecule has 0 radical (unpaired) electrons. The molecule has 0 bridgehead atoms. The number of hydrogen-bond donors (Lipinski definition) is 3. The van der Waals surface area contributed by atoms with E-state index in [2.05, 4.69) is 32.4 Å². The topological polar surface area (TPSA) is 119 Å². The van der Waals surface area contributed by atoms with Gasteiger partial charge in [-0.25, -0.2) is 4.98 Å². The normalized spacial score (nSPS) is 11.1. The molecule has 5 rings (SSSR count). The zero-order valence-electron chi connectivity index (χ0n) is 21.3. The van der Waals surface area contributed by atoms with Crippen molar-refractivity contribution in [2.24, 2.45) is 0 Å². The van der Waals surface area contributed by atoms with Gasteiger partial charge in [-0.3, -0.25) is 19.1 Å². The molecule has 0 aliphatic rings. The third-order valence-corrected chi connectivity index (χ3v) is 6.52. The van der Waals surface area contributed by atoms with Crippen LogP contribution in [-0.4, -0.2) is 25.4 Å². The molecule has 0 saturated carbocycles. The SMILES string of the molecule is Cc1cccc(-c2cnc(CCCc3ccccc3)c(=O)n2CC(=O)NCc2ccc3nc(N)[nH]c3c2)c1. The van der Waals surface area contributed by atoms with Crippen molar-refractivity contribution in [1.29, 1.82) is 0 Å². The molecule has 0 saturated heterocycles. The van der Waals surface area contributed by atoms with E-state index in [9.17, 15) is 9.59 Å². The summed E-state index contributed by atoms with van der Waals surface area (Å²) in [4.78, 5) is 38.3. The Labute approximate surface area is 220 Å². The Bertz CT molecular complexity index is 1640. The predicted molar refractivity (Wildman–Crippen MR) is 149 cm³/mol. The Morgan fingerprint density at radius 1 is 1.00 bits per heavy atom. The average molecular weight is 507 g/mol. The summed E-state index contributed by atoms with van der Waals surface area (Å²) in [5.41, 5.74) is 12.2. The lowest BCUT2D eigenvalue weighted by Gasteiger charge is -2.15. The van der Waals surface area contributed by atoms with Gasteiger partial charge in [-0.1, -0.05) is 60.2 Å². The van der Waals surface area contributed by atoms with Crippen LogP contribution in [0.1, 0.15) is 28.8 Å². The highest BCUT2D eigenvalue weighted by Crippen LogP contribution is 2.19. The second-order valence-electron chi connectivity index (χ2n) is 9.44. The second kappa shape index (κ2) is 11.1. The summed E-state index contributed by atoms with van der Waals surface area (Å²) >= 11 is 0. The standard InChI is InChI=1S/C30H30N6O2/c1-20-7-5-11-23(15-20)27-18-32-25(12-6-10-21-8-3-2-4-9-21)29(38)36(27)19-28(37)33-17-22-13-14-24-26(16-22)35-30(31)34-24/h2-5,7-9,11,13-16,18H,6,10,12,17,19H2,1H3,(H,33,37)(H3,31,34,35). The van der Waals surface area contributed by atoms with Crippen molar-refractivity contribution in [2.75, 3.05) is 5.73 Å². The molecule has 0 spiro atoms. The molecule has 0 unspecified atom stereocenters. The highest BCUT2D eigenvalue weighted by Gasteiger charge is 2.15. The Morgan fingerprint density at radius 2 is 1.84 bits per heavy atom. The molecule has 2 aromatic heterocycles. The van der Waals surface area contributed by atoms with E-state index in [1.54, 1.807) is 6.20 Å². The molecule has 4 N–H and O–H groups in total. The number of carbonyl (C=O) groups is 1. The van der Waals surface area contributed by atoms with Gasteiger partial charge in [0, 0.05) is 12.1 Å². The van der Waals surface area contributed by atoms with E-state index in [0.717, 1.165) is 40.6 Å². The largest absolute Gasteiger partial charge is 0.369 e. The third-order valence-electron chi connectivity index (χ3n) is 6.52. The van der Waals surface area contributed by atoms with E-state index >= 15 is 0 Å². The van der Waals surface area contributed by atoms with Crippen LogP contribution in [0.2, 0.25) is 0 Å². The quantitative estimate of drug-likeness (QED) is 0.277. The first-order chi connectivity index (χ1) is 18.5. The highest BCUT2D eigenvalue weighted by molar-refractivity contribution is 5.79. The minimum atomic E-state index is -0.258. The van der Waals surface area contributed by atoms with Crippen molar-refractivity contribution in [1.82, 2.24) is 24.8 Å². The third kappa shape index (κ3) is 5.81. The van der Waals surface area contributed by atoms with Crippen molar-refractivity contribution in [3.05, 3.63) is 112 Å². The van der Waals surface area contributed by atoms with Crippen molar-refractivity contribution in [3.8, 4) is 11.3 Å². The fraction of sp³-hybridized carbons (Fsp3) is 0.200. The Kier molecular flexibility index (Phi) is 7.31. The number of aromatic nitrogens is 4. The summed E-state index contributed by atoms with van der Waals surface area (Å²) in [6.45, 7) is 2.21. The summed E-state index contributed by atoms with van der Waals surface area (Å²) in [6.07, 6.45) is 3.89. The number of nitrogens with one attached hydrogen (secondary N) is 2. The van der Waals surface area contributed by atoms with E-state index < -0.39 is 0 Å². The number of hydrogen-bond acceptors (Lipinski definition) is 5. The summed E-state index contributed by atoms with van der Waals surface area (Å²) < 4.78 is 1.54. The van der Waals surface area contributed by atoms with Gasteiger partial charge in [0.2, 0.25) is 5.91 Å². The number of benzene rings is 3. The Balaban J connectivity index is 1.35. The Hall–Kier alpha value is -4.72. The molecule has 3 aromatic carbocycles. The first-order valence-corrected chi connectivity index (χ1v) is 12.7. The van der Waals surface area contributed by atoms with Gasteiger partial charge in [0.1, 0.15) is 12.2 Å². The van der Waals surface area contributed by atoms with Gasteiger partial charge in [-0.15, -0.1) is 0 Å². The van der Waals surface area contributed by atoms with Gasteiger partial charge in [0.05, 0.1) is 22.9 Å². The van der Waals surface area contributed by atoms with Gasteiger partial charge < -0.3 is 16.0 Å². The van der Waals surface area contributed by atoms with Crippen LogP contribution < -0.4 is 16.6 Å². The van der Waals surface area contributed by atoms with Crippen LogP contribution in [0.4, 0.5) is 5.95 Å². The highest BCUT2D eigenvalue weighted by atomic mass is 16.2. The number of rotatable bonds is 9. The molecule has 0 aliphatic carbocycles. The van der Waals surface area contributed by atoms with E-state index in [1.165, 1.54) is 10.1 Å². The van der Waals surface area contributed by atoms with Gasteiger partial charge in [-0.05, 0) is 55.5 Å². The van der Waals surface area contributed by atoms with Crippen molar-refractivity contribution in [3.63, 3.8) is 0 Å². The number of H-pyrrole nitrogens is 1. The molecule has 8 nitrogen and oxygen atoms in total. The monoisotopic (exact) mass is 506 g/mol. The number of anilines is 1. The summed E-state index contributed by atoms with van der Waals surface area (Å²) in [7, 11) is 0. The average Bonchev–Trinajstić information content (AvgIpc) is 3.29. The van der Waals surface area contributed by atoms with Crippen molar-refractivity contribution in [2.45, 2.75) is 39.3 Å². The van der Waals surface area contributed by atoms with E-state index in [1.807, 2.05) is 67.6 Å². The first kappa shape index (κ1) is 25.0.